The van der Waals surface area contributed by atoms with Crippen LogP contribution in [0.4, 0.5) is 5.82 Å². The number of halogens is 2. The second-order valence-electron chi connectivity index (χ2n) is 6.64. The molecule has 9 heteroatoms. The Bertz CT molecular complexity index is 704. The van der Waals surface area contributed by atoms with Crippen molar-refractivity contribution in [1.82, 2.24) is 10.1 Å². The van der Waals surface area contributed by atoms with Gasteiger partial charge in [-0.3, -0.25) is 19.3 Å². The Morgan fingerprint density at radius 1 is 1.29 bits per heavy atom. The van der Waals surface area contributed by atoms with E-state index in [2.05, 4.69) is 42.3 Å². The maximum Gasteiger partial charge on any atom is 0.245 e. The molecule has 7 nitrogen and oxygen atoms in total. The summed E-state index contributed by atoms with van der Waals surface area (Å²) in [6, 6.07) is 1.57. The number of hydrogen-bond acceptors (Lipinski definition) is 5. The number of hydrogen-bond donors (Lipinski definition) is 1. The summed E-state index contributed by atoms with van der Waals surface area (Å²) in [5.74, 6) is -0.386. The minimum absolute atomic E-state index is 0.145. The molecule has 3 amide bonds. The highest BCUT2D eigenvalue weighted by Gasteiger charge is 2.66. The first-order valence-corrected chi connectivity index (χ1v) is 9.58. The zero-order valence-corrected chi connectivity index (χ0v) is 15.9. The first-order valence-electron chi connectivity index (χ1n) is 7.75. The van der Waals surface area contributed by atoms with E-state index in [4.69, 9.17) is 4.52 Å². The number of aryl methyl sites for hydroxylation is 1. The summed E-state index contributed by atoms with van der Waals surface area (Å²) >= 11 is 7.27. The third kappa shape index (κ3) is 2.28. The van der Waals surface area contributed by atoms with Gasteiger partial charge in [-0.05, 0) is 25.2 Å². The molecule has 6 atom stereocenters. The van der Waals surface area contributed by atoms with E-state index in [1.165, 1.54) is 0 Å². The number of rotatable bonds is 3. The number of alkyl halides is 2. The van der Waals surface area contributed by atoms with E-state index in [1.807, 2.05) is 0 Å². The molecule has 2 heterocycles. The van der Waals surface area contributed by atoms with Crippen LogP contribution >= 0.6 is 31.9 Å². The molecule has 24 heavy (non-hydrogen) atoms. The molecule has 1 aromatic rings. The van der Waals surface area contributed by atoms with Crippen molar-refractivity contribution in [2.24, 2.45) is 23.7 Å². The monoisotopic (exact) mass is 459 g/mol. The number of nitrogens with one attached hydrogen (secondary N) is 1. The Morgan fingerprint density at radius 3 is 2.38 bits per heavy atom. The maximum absolute atomic E-state index is 12.7. The van der Waals surface area contributed by atoms with Gasteiger partial charge in [-0.25, -0.2) is 0 Å². The molecule has 3 fully saturated rings. The minimum Gasteiger partial charge on any atom is -0.360 e. The molecule has 0 unspecified atom stereocenters. The third-order valence-corrected chi connectivity index (χ3v) is 8.48. The molecule has 2 bridgehead atoms. The Kier molecular flexibility index (Phi) is 3.83. The molecule has 2 saturated carbocycles. The van der Waals surface area contributed by atoms with Crippen molar-refractivity contribution in [3.05, 3.63) is 11.8 Å². The summed E-state index contributed by atoms with van der Waals surface area (Å²) in [4.78, 5) is 39.0. The Balaban J connectivity index is 1.48. The van der Waals surface area contributed by atoms with Gasteiger partial charge in [-0.1, -0.05) is 37.0 Å². The summed E-state index contributed by atoms with van der Waals surface area (Å²) in [5.41, 5.74) is 0. The zero-order valence-electron chi connectivity index (χ0n) is 12.7. The van der Waals surface area contributed by atoms with Gasteiger partial charge in [0, 0.05) is 15.7 Å². The van der Waals surface area contributed by atoms with Crippen molar-refractivity contribution < 1.29 is 18.9 Å². The van der Waals surface area contributed by atoms with E-state index in [-0.39, 0.29) is 57.5 Å². The van der Waals surface area contributed by atoms with Crippen LogP contribution in [-0.4, -0.2) is 44.0 Å². The predicted molar refractivity (Wildman–Crippen MR) is 90.6 cm³/mol. The highest BCUT2D eigenvalue weighted by molar-refractivity contribution is 9.12. The number of nitrogens with zero attached hydrogens (tertiary/aromatic N) is 2. The van der Waals surface area contributed by atoms with Crippen LogP contribution in [0.25, 0.3) is 0 Å². The summed E-state index contributed by atoms with van der Waals surface area (Å²) < 4.78 is 4.88. The second-order valence-corrected chi connectivity index (χ2v) is 8.75. The fourth-order valence-corrected chi connectivity index (χ4v) is 6.19. The van der Waals surface area contributed by atoms with E-state index in [9.17, 15) is 14.4 Å². The van der Waals surface area contributed by atoms with Crippen LogP contribution in [0.5, 0.6) is 0 Å². The first-order chi connectivity index (χ1) is 11.4. The van der Waals surface area contributed by atoms with Crippen LogP contribution in [0.15, 0.2) is 10.6 Å². The topological polar surface area (TPSA) is 92.5 Å². The molecular formula is C15H15Br2N3O4. The molecule has 3 aliphatic rings. The van der Waals surface area contributed by atoms with E-state index in [1.54, 1.807) is 13.0 Å². The Hall–Kier alpha value is -1.22. The number of imide groups is 1. The van der Waals surface area contributed by atoms with Crippen LogP contribution in [-0.2, 0) is 14.4 Å². The standard InChI is InChI=1S/C15H15Br2N3O4/c1-5-2-8(19-24-5)18-9(21)4-20-14(22)10-6-3-7(11(10)15(20)23)13(17)12(6)16/h2,6-7,10-13H,3-4H2,1H3,(H,18,19,21)/t6-,7+,10-,11+,12-,13-/m1/s1. The fourth-order valence-electron chi connectivity index (χ4n) is 4.32. The van der Waals surface area contributed by atoms with Crippen LogP contribution in [0.3, 0.4) is 0 Å². The van der Waals surface area contributed by atoms with Crippen molar-refractivity contribution in [2.45, 2.75) is 23.0 Å². The lowest BCUT2D eigenvalue weighted by Crippen LogP contribution is -2.39. The van der Waals surface area contributed by atoms with Gasteiger partial charge >= 0.3 is 0 Å². The van der Waals surface area contributed by atoms with Crippen molar-refractivity contribution in [3.8, 4) is 0 Å². The molecule has 128 valence electrons. The minimum atomic E-state index is -0.455. The molecule has 4 rings (SSSR count). The Morgan fingerprint density at radius 2 is 1.88 bits per heavy atom. The van der Waals surface area contributed by atoms with Crippen LogP contribution in [0, 0.1) is 30.6 Å². The first kappa shape index (κ1) is 16.3. The van der Waals surface area contributed by atoms with Crippen LogP contribution in [0.1, 0.15) is 12.2 Å². The molecule has 1 aliphatic heterocycles. The van der Waals surface area contributed by atoms with Crippen molar-refractivity contribution in [3.63, 3.8) is 0 Å². The second kappa shape index (κ2) is 5.66. The smallest absolute Gasteiger partial charge is 0.245 e. The largest absolute Gasteiger partial charge is 0.360 e. The lowest BCUT2D eigenvalue weighted by Gasteiger charge is -2.28. The SMILES string of the molecule is Cc1cc(NC(=O)CN2C(=O)[C@@H]3[C@H]4C[C@H]([C@@H](Br)[C@@H]4Br)[C@@H]3C2=O)no1. The Labute approximate surface area is 154 Å². The molecule has 1 saturated heterocycles. The van der Waals surface area contributed by atoms with Gasteiger partial charge in [0.1, 0.15) is 12.3 Å². The number of carbonyl (C=O) groups excluding carboxylic acids is 3. The normalized spacial score (nSPS) is 37.2. The van der Waals surface area contributed by atoms with Crippen molar-refractivity contribution in [2.75, 3.05) is 11.9 Å². The number of likely N-dealkylation sites (tertiary alicyclic amines) is 1. The quantitative estimate of drug-likeness (QED) is 0.547. The van der Waals surface area contributed by atoms with E-state index < -0.39 is 5.91 Å². The lowest BCUT2D eigenvalue weighted by atomic mass is 9.81. The average molecular weight is 461 g/mol. The number of fused-ring (bicyclic) bond motifs is 5. The molecule has 0 spiro atoms. The van der Waals surface area contributed by atoms with E-state index >= 15 is 0 Å². The van der Waals surface area contributed by atoms with Gasteiger partial charge in [0.2, 0.25) is 17.7 Å². The van der Waals surface area contributed by atoms with Gasteiger partial charge in [-0.2, -0.15) is 0 Å². The van der Waals surface area contributed by atoms with Gasteiger partial charge in [0.25, 0.3) is 0 Å². The molecule has 1 aromatic heterocycles. The summed E-state index contributed by atoms with van der Waals surface area (Å²) in [6.45, 7) is 1.43. The van der Waals surface area contributed by atoms with Crippen LogP contribution < -0.4 is 5.32 Å². The number of amides is 3. The molecular weight excluding hydrogens is 446 g/mol. The van der Waals surface area contributed by atoms with Crippen molar-refractivity contribution >= 4 is 55.4 Å². The van der Waals surface area contributed by atoms with Gasteiger partial charge in [-0.15, -0.1) is 0 Å². The van der Waals surface area contributed by atoms with Crippen molar-refractivity contribution in [1.29, 1.82) is 0 Å². The van der Waals surface area contributed by atoms with Gasteiger partial charge < -0.3 is 9.84 Å². The molecule has 0 radical (unpaired) electrons. The molecule has 1 N–H and O–H groups in total. The fraction of sp³-hybridized carbons (Fsp3) is 0.600. The zero-order chi connectivity index (χ0) is 17.2. The summed E-state index contributed by atoms with van der Waals surface area (Å²) in [5, 5.41) is 6.22. The lowest BCUT2D eigenvalue weighted by molar-refractivity contribution is -0.143. The summed E-state index contributed by atoms with van der Waals surface area (Å²) in [6.07, 6.45) is 0.872. The average Bonchev–Trinajstić information content (AvgIpc) is 3.23. The summed E-state index contributed by atoms with van der Waals surface area (Å²) in [7, 11) is 0. The van der Waals surface area contributed by atoms with E-state index in [0.29, 0.717) is 5.76 Å². The highest BCUT2D eigenvalue weighted by Crippen LogP contribution is 2.60. The van der Waals surface area contributed by atoms with Gasteiger partial charge in [0.15, 0.2) is 5.82 Å². The van der Waals surface area contributed by atoms with Gasteiger partial charge in [0.05, 0.1) is 11.8 Å². The molecule has 0 aromatic carbocycles. The molecule has 2 aliphatic carbocycles. The maximum atomic E-state index is 12.7. The van der Waals surface area contributed by atoms with Crippen LogP contribution in [0.2, 0.25) is 0 Å². The third-order valence-electron chi connectivity index (χ3n) is 5.28. The predicted octanol–water partition coefficient (Wildman–Crippen LogP) is 1.70. The number of carbonyl (C=O) groups is 3. The number of anilines is 1. The highest BCUT2D eigenvalue weighted by atomic mass is 79.9. The van der Waals surface area contributed by atoms with E-state index in [0.717, 1.165) is 11.3 Å². The number of aromatic nitrogens is 1.